The summed E-state index contributed by atoms with van der Waals surface area (Å²) in [5.41, 5.74) is 1.04. The van der Waals surface area contributed by atoms with Crippen molar-refractivity contribution < 1.29 is 19.0 Å². The van der Waals surface area contributed by atoms with Gasteiger partial charge >= 0.3 is 6.09 Å². The number of benzene rings is 2. The maximum atomic E-state index is 12.9. The fraction of sp³-hybridized carbons (Fsp3) is 0.263. The lowest BCUT2D eigenvalue weighted by Gasteiger charge is -2.27. The summed E-state index contributed by atoms with van der Waals surface area (Å²) < 4.78 is 19.9. The molecule has 0 spiro atoms. The number of ether oxygens (including phenoxy) is 1. The van der Waals surface area contributed by atoms with Crippen molar-refractivity contribution in [2.24, 2.45) is 0 Å². The first-order valence-corrected chi connectivity index (χ1v) is 9.39. The van der Waals surface area contributed by atoms with Crippen LogP contribution in [0, 0.1) is 5.82 Å². The average molecular weight is 387 g/mol. The van der Waals surface area contributed by atoms with Crippen LogP contribution in [0.5, 0.6) is 0 Å². The van der Waals surface area contributed by atoms with Crippen molar-refractivity contribution in [2.45, 2.75) is 29.5 Å². The molecule has 1 aliphatic heterocycles. The van der Waals surface area contributed by atoms with Crippen LogP contribution in [0.25, 0.3) is 11.0 Å². The van der Waals surface area contributed by atoms with Gasteiger partial charge in [0.05, 0.1) is 22.9 Å². The van der Waals surface area contributed by atoms with E-state index >= 15 is 0 Å². The van der Waals surface area contributed by atoms with Crippen LogP contribution in [0.4, 0.5) is 14.9 Å². The lowest BCUT2D eigenvalue weighted by Crippen LogP contribution is -2.36. The predicted octanol–water partition coefficient (Wildman–Crippen LogP) is 3.95. The Morgan fingerprint density at radius 1 is 1.33 bits per heavy atom. The molecule has 0 radical (unpaired) electrons. The van der Waals surface area contributed by atoms with Crippen LogP contribution in [-0.2, 0) is 10.5 Å². The van der Waals surface area contributed by atoms with Gasteiger partial charge in [0.25, 0.3) is 0 Å². The number of aliphatic hydroxyl groups is 1. The van der Waals surface area contributed by atoms with E-state index in [2.05, 4.69) is 10.3 Å². The molecule has 0 bridgehead atoms. The number of aromatic nitrogens is 2. The minimum Gasteiger partial charge on any atom is -0.449 e. The molecule has 0 fully saturated rings. The van der Waals surface area contributed by atoms with Gasteiger partial charge in [-0.1, -0.05) is 23.9 Å². The van der Waals surface area contributed by atoms with Crippen molar-refractivity contribution >= 4 is 34.6 Å². The quantitative estimate of drug-likeness (QED) is 0.709. The van der Waals surface area contributed by atoms with E-state index in [4.69, 9.17) is 4.74 Å². The normalized spacial score (nSPS) is 21.2. The molecule has 8 heteroatoms. The number of hydrogen-bond acceptors (Lipinski definition) is 5. The second kappa shape index (κ2) is 6.86. The summed E-state index contributed by atoms with van der Waals surface area (Å²) in [4.78, 5) is 16.4. The van der Waals surface area contributed by atoms with Crippen molar-refractivity contribution in [1.82, 2.24) is 9.55 Å². The van der Waals surface area contributed by atoms with Gasteiger partial charge in [-0.2, -0.15) is 0 Å². The Bertz CT molecular complexity index is 988. The molecule has 6 nitrogen and oxygen atoms in total. The van der Waals surface area contributed by atoms with Gasteiger partial charge in [-0.25, -0.2) is 14.2 Å². The fourth-order valence-corrected chi connectivity index (χ4v) is 4.52. The molecule has 27 heavy (non-hydrogen) atoms. The van der Waals surface area contributed by atoms with E-state index in [-0.39, 0.29) is 17.7 Å². The Hall–Kier alpha value is -2.58. The smallest absolute Gasteiger partial charge is 0.411 e. The molecule has 2 heterocycles. The van der Waals surface area contributed by atoms with Crippen LogP contribution in [0.3, 0.4) is 0 Å². The maximum absolute atomic E-state index is 12.9. The van der Waals surface area contributed by atoms with E-state index in [0.29, 0.717) is 12.1 Å². The topological polar surface area (TPSA) is 76.4 Å². The van der Waals surface area contributed by atoms with Crippen LogP contribution in [-0.4, -0.2) is 32.6 Å². The Morgan fingerprint density at radius 2 is 2.07 bits per heavy atom. The van der Waals surface area contributed by atoms with Crippen LogP contribution < -0.4 is 5.32 Å². The van der Waals surface area contributed by atoms with E-state index in [1.54, 1.807) is 6.92 Å². The number of nitrogens with zero attached hydrogens (tertiary/aromatic N) is 2. The van der Waals surface area contributed by atoms with E-state index in [0.717, 1.165) is 16.2 Å². The molecule has 1 amide bonds. The molecular weight excluding hydrogens is 369 g/mol. The van der Waals surface area contributed by atoms with Gasteiger partial charge in [0, 0.05) is 5.69 Å². The van der Waals surface area contributed by atoms with Crippen molar-refractivity contribution in [2.75, 3.05) is 11.9 Å². The average Bonchev–Trinajstić information content (AvgIpc) is 3.12. The third kappa shape index (κ3) is 3.38. The van der Waals surface area contributed by atoms with Gasteiger partial charge in [0.15, 0.2) is 10.9 Å². The molecule has 4 rings (SSSR count). The number of rotatable bonds is 4. The molecule has 3 aromatic rings. The lowest BCUT2D eigenvalue weighted by molar-refractivity contribution is -0.0212. The standard InChI is InChI=1S/C19H18FN3O3S/c1-19(25)16(27-17-22-14-4-2-3-5-15(14)23(17)19)10-11-26-18(24)21-13-8-6-12(20)7-9-13/h2-9,16,25H,10-11H2,1H3,(H,21,24). The van der Waals surface area contributed by atoms with E-state index in [1.165, 1.54) is 36.0 Å². The Morgan fingerprint density at radius 3 is 2.85 bits per heavy atom. The lowest BCUT2D eigenvalue weighted by atomic mass is 10.1. The molecule has 0 saturated carbocycles. The zero-order valence-electron chi connectivity index (χ0n) is 14.6. The first kappa shape index (κ1) is 17.8. The van der Waals surface area contributed by atoms with E-state index in [9.17, 15) is 14.3 Å². The summed E-state index contributed by atoms with van der Waals surface area (Å²) in [5, 5.41) is 14.1. The molecule has 140 valence electrons. The van der Waals surface area contributed by atoms with Crippen LogP contribution >= 0.6 is 11.8 Å². The van der Waals surface area contributed by atoms with Crippen molar-refractivity contribution in [3.05, 3.63) is 54.3 Å². The third-order valence-electron chi connectivity index (χ3n) is 4.54. The number of carbonyl (C=O) groups is 1. The minimum absolute atomic E-state index is 0.142. The molecule has 0 aliphatic carbocycles. The first-order chi connectivity index (χ1) is 12.9. The zero-order valence-corrected chi connectivity index (χ0v) is 15.4. The molecule has 2 N–H and O–H groups in total. The molecule has 1 aliphatic rings. The first-order valence-electron chi connectivity index (χ1n) is 8.51. The van der Waals surface area contributed by atoms with E-state index < -0.39 is 11.8 Å². The van der Waals surface area contributed by atoms with Gasteiger partial charge in [-0.3, -0.25) is 9.88 Å². The fourth-order valence-electron chi connectivity index (χ4n) is 3.18. The van der Waals surface area contributed by atoms with Crippen LogP contribution in [0.2, 0.25) is 0 Å². The van der Waals surface area contributed by atoms with Gasteiger partial charge in [0.1, 0.15) is 5.82 Å². The van der Waals surface area contributed by atoms with Crippen LogP contribution in [0.1, 0.15) is 13.3 Å². The van der Waals surface area contributed by atoms with Gasteiger partial charge in [-0.05, 0) is 49.7 Å². The summed E-state index contributed by atoms with van der Waals surface area (Å²) in [6.07, 6.45) is -0.154. The number of fused-ring (bicyclic) bond motifs is 3. The summed E-state index contributed by atoms with van der Waals surface area (Å²) >= 11 is 1.47. The maximum Gasteiger partial charge on any atom is 0.411 e. The highest BCUT2D eigenvalue weighted by atomic mass is 32.2. The molecule has 1 aromatic heterocycles. The van der Waals surface area contributed by atoms with Gasteiger partial charge in [0.2, 0.25) is 0 Å². The highest BCUT2D eigenvalue weighted by molar-refractivity contribution is 8.00. The number of imidazole rings is 1. The molecular formula is C19H18FN3O3S. The largest absolute Gasteiger partial charge is 0.449 e. The Labute approximate surface area is 159 Å². The number of para-hydroxylation sites is 2. The second-order valence-corrected chi connectivity index (χ2v) is 7.65. The highest BCUT2D eigenvalue weighted by Gasteiger charge is 2.44. The number of thioether (sulfide) groups is 1. The number of hydrogen-bond donors (Lipinski definition) is 2. The Balaban J connectivity index is 1.36. The third-order valence-corrected chi connectivity index (χ3v) is 6.00. The van der Waals surface area contributed by atoms with Crippen LogP contribution in [0.15, 0.2) is 53.7 Å². The summed E-state index contributed by atoms with van der Waals surface area (Å²) in [6, 6.07) is 13.1. The molecule has 2 atom stereocenters. The molecule has 2 aromatic carbocycles. The van der Waals surface area contributed by atoms with Gasteiger partial charge < -0.3 is 9.84 Å². The highest BCUT2D eigenvalue weighted by Crippen LogP contribution is 2.45. The molecule has 0 saturated heterocycles. The zero-order chi connectivity index (χ0) is 19.0. The Kier molecular flexibility index (Phi) is 4.53. The van der Waals surface area contributed by atoms with Crippen molar-refractivity contribution in [3.8, 4) is 0 Å². The summed E-state index contributed by atoms with van der Waals surface area (Å²) in [7, 11) is 0. The number of nitrogens with one attached hydrogen (secondary N) is 1. The SMILES string of the molecule is CC1(O)C(CCOC(=O)Nc2ccc(F)cc2)Sc2nc3ccccc3n21. The van der Waals surface area contributed by atoms with E-state index in [1.807, 2.05) is 28.8 Å². The number of carbonyl (C=O) groups excluding carboxylic acids is 1. The van der Waals surface area contributed by atoms with Crippen molar-refractivity contribution in [3.63, 3.8) is 0 Å². The number of halogens is 1. The molecule has 2 unspecified atom stereocenters. The summed E-state index contributed by atoms with van der Waals surface area (Å²) in [5.74, 6) is -0.376. The van der Waals surface area contributed by atoms with Crippen molar-refractivity contribution in [1.29, 1.82) is 0 Å². The monoisotopic (exact) mass is 387 g/mol. The summed E-state index contributed by atoms with van der Waals surface area (Å²) in [6.45, 7) is 1.89. The number of anilines is 1. The van der Waals surface area contributed by atoms with Gasteiger partial charge in [-0.15, -0.1) is 0 Å². The minimum atomic E-state index is -1.13. The second-order valence-electron chi connectivity index (χ2n) is 6.48. The number of amides is 1. The predicted molar refractivity (Wildman–Crippen MR) is 101 cm³/mol.